The molecule has 1 aromatic carbocycles. The minimum absolute atomic E-state index is 0.110. The van der Waals surface area contributed by atoms with Gasteiger partial charge in [-0.15, -0.1) is 0 Å². The Hall–Kier alpha value is -2.04. The first-order chi connectivity index (χ1) is 8.63. The summed E-state index contributed by atoms with van der Waals surface area (Å²) in [6.07, 6.45) is 0.210. The van der Waals surface area contributed by atoms with Crippen molar-refractivity contribution >= 4 is 12.1 Å². The molecule has 1 rings (SSSR count). The number of carboxylic acid groups (broad SMARTS) is 1. The van der Waals surface area contributed by atoms with Crippen molar-refractivity contribution in [3.8, 4) is 0 Å². The maximum Gasteiger partial charge on any atom is 0.407 e. The van der Waals surface area contributed by atoms with Gasteiger partial charge >= 0.3 is 6.09 Å². The molecule has 5 heteroatoms. The summed E-state index contributed by atoms with van der Waals surface area (Å²) in [5, 5.41) is 13.0. The second-order valence-corrected chi connectivity index (χ2v) is 3.87. The summed E-state index contributed by atoms with van der Waals surface area (Å²) in [7, 11) is 0. The number of aliphatic carboxylic acids is 1. The van der Waals surface area contributed by atoms with Gasteiger partial charge in [0.05, 0.1) is 12.0 Å². The zero-order valence-electron chi connectivity index (χ0n) is 10.2. The van der Waals surface area contributed by atoms with E-state index in [0.29, 0.717) is 12.8 Å². The molecule has 0 unspecified atom stereocenters. The number of benzene rings is 1. The van der Waals surface area contributed by atoms with Crippen molar-refractivity contribution in [2.24, 2.45) is 0 Å². The van der Waals surface area contributed by atoms with Crippen molar-refractivity contribution in [1.29, 1.82) is 0 Å². The van der Waals surface area contributed by atoms with Crippen LogP contribution in [0.3, 0.4) is 0 Å². The van der Waals surface area contributed by atoms with Gasteiger partial charge in [-0.2, -0.15) is 0 Å². The fourth-order valence-electron chi connectivity index (χ4n) is 1.44. The maximum absolute atomic E-state index is 11.4. The minimum atomic E-state index is -1.30. The summed E-state index contributed by atoms with van der Waals surface area (Å²) in [4.78, 5) is 22.1. The van der Waals surface area contributed by atoms with Gasteiger partial charge < -0.3 is 20.0 Å². The number of amides is 1. The van der Waals surface area contributed by atoms with Gasteiger partial charge in [0.25, 0.3) is 0 Å². The van der Waals surface area contributed by atoms with Gasteiger partial charge in [-0.05, 0) is 12.0 Å². The molecule has 1 N–H and O–H groups in total. The molecule has 0 heterocycles. The van der Waals surface area contributed by atoms with Gasteiger partial charge in [0, 0.05) is 0 Å². The highest BCUT2D eigenvalue weighted by Crippen LogP contribution is 2.01. The van der Waals surface area contributed by atoms with Gasteiger partial charge in [0.1, 0.15) is 6.61 Å². The van der Waals surface area contributed by atoms with Crippen LogP contribution in [0.15, 0.2) is 30.3 Å². The monoisotopic (exact) mass is 250 g/mol. The topological polar surface area (TPSA) is 78.5 Å². The van der Waals surface area contributed by atoms with Gasteiger partial charge in [-0.3, -0.25) is 0 Å². The standard InChI is InChI=1S/C13H17NO4/c1-2-6-11(12(15)16)14-13(17)18-9-10-7-4-3-5-8-10/h3-5,7-8,11H,2,6,9H2,1H3,(H,14,17)(H,15,16)/p-1/t11-/m1/s1. The fourth-order valence-corrected chi connectivity index (χ4v) is 1.44. The Labute approximate surface area is 106 Å². The lowest BCUT2D eigenvalue weighted by molar-refractivity contribution is -0.308. The number of hydrogen-bond acceptors (Lipinski definition) is 4. The highest BCUT2D eigenvalue weighted by molar-refractivity contribution is 5.78. The number of nitrogens with one attached hydrogen (secondary N) is 1. The molecule has 0 aromatic heterocycles. The van der Waals surface area contributed by atoms with E-state index in [-0.39, 0.29) is 6.61 Å². The van der Waals surface area contributed by atoms with E-state index in [2.05, 4.69) is 5.32 Å². The van der Waals surface area contributed by atoms with E-state index in [9.17, 15) is 14.7 Å². The Morgan fingerprint density at radius 3 is 2.56 bits per heavy atom. The minimum Gasteiger partial charge on any atom is -0.548 e. The molecule has 0 aliphatic carbocycles. The Morgan fingerprint density at radius 1 is 1.33 bits per heavy atom. The quantitative estimate of drug-likeness (QED) is 0.811. The highest BCUT2D eigenvalue weighted by Gasteiger charge is 2.13. The molecule has 18 heavy (non-hydrogen) atoms. The first-order valence-electron chi connectivity index (χ1n) is 5.81. The van der Waals surface area contributed by atoms with E-state index >= 15 is 0 Å². The van der Waals surface area contributed by atoms with Gasteiger partial charge in [0.2, 0.25) is 0 Å². The van der Waals surface area contributed by atoms with Crippen molar-refractivity contribution in [1.82, 2.24) is 5.32 Å². The predicted octanol–water partition coefficient (Wildman–Crippen LogP) is 0.831. The van der Waals surface area contributed by atoms with Crippen molar-refractivity contribution in [2.75, 3.05) is 0 Å². The van der Waals surface area contributed by atoms with E-state index in [1.165, 1.54) is 0 Å². The van der Waals surface area contributed by atoms with E-state index in [0.717, 1.165) is 5.56 Å². The van der Waals surface area contributed by atoms with Crippen LogP contribution in [0.5, 0.6) is 0 Å². The van der Waals surface area contributed by atoms with Crippen LogP contribution >= 0.6 is 0 Å². The number of carbonyl (C=O) groups excluding carboxylic acids is 2. The van der Waals surface area contributed by atoms with Crippen molar-refractivity contribution in [3.05, 3.63) is 35.9 Å². The summed E-state index contributed by atoms with van der Waals surface area (Å²) in [5.41, 5.74) is 0.841. The molecule has 1 atom stereocenters. The van der Waals surface area contributed by atoms with Gasteiger partial charge in [0.15, 0.2) is 0 Å². The molecule has 0 saturated heterocycles. The number of carbonyl (C=O) groups is 2. The molecule has 0 saturated carbocycles. The number of rotatable bonds is 6. The van der Waals surface area contributed by atoms with Crippen molar-refractivity contribution in [3.63, 3.8) is 0 Å². The lowest BCUT2D eigenvalue weighted by Gasteiger charge is -2.18. The fraction of sp³-hybridized carbons (Fsp3) is 0.385. The SMILES string of the molecule is CCC[C@@H](NC(=O)OCc1ccccc1)C(=O)[O-]. The smallest absolute Gasteiger partial charge is 0.407 e. The molecule has 0 bridgehead atoms. The van der Waals surface area contributed by atoms with E-state index < -0.39 is 18.1 Å². The van der Waals surface area contributed by atoms with Gasteiger partial charge in [-0.25, -0.2) is 4.79 Å². The summed E-state index contributed by atoms with van der Waals surface area (Å²) >= 11 is 0. The normalized spacial score (nSPS) is 11.6. The molecule has 0 fully saturated rings. The van der Waals surface area contributed by atoms with E-state index in [4.69, 9.17) is 4.74 Å². The third-order valence-electron chi connectivity index (χ3n) is 2.37. The second-order valence-electron chi connectivity index (χ2n) is 3.87. The Bertz CT molecular complexity index is 391. The molecule has 0 spiro atoms. The van der Waals surface area contributed by atoms with Crippen LogP contribution in [0.4, 0.5) is 4.79 Å². The average molecular weight is 250 g/mol. The maximum atomic E-state index is 11.4. The van der Waals surface area contributed by atoms with Crippen LogP contribution in [0.1, 0.15) is 25.3 Å². The van der Waals surface area contributed by atoms with Gasteiger partial charge in [-0.1, -0.05) is 43.7 Å². The summed E-state index contributed by atoms with van der Waals surface area (Å²) in [6.45, 7) is 1.94. The summed E-state index contributed by atoms with van der Waals surface area (Å²) in [5.74, 6) is -1.30. The predicted molar refractivity (Wildman–Crippen MR) is 63.5 cm³/mol. The van der Waals surface area contributed by atoms with Crippen molar-refractivity contribution in [2.45, 2.75) is 32.4 Å². The second kappa shape index (κ2) is 7.32. The first-order valence-corrected chi connectivity index (χ1v) is 5.81. The van der Waals surface area contributed by atoms with Crippen LogP contribution in [-0.4, -0.2) is 18.1 Å². The summed E-state index contributed by atoms with van der Waals surface area (Å²) < 4.78 is 4.91. The van der Waals surface area contributed by atoms with Crippen LogP contribution in [0, 0.1) is 0 Å². The lowest BCUT2D eigenvalue weighted by Crippen LogP contribution is -2.47. The number of carboxylic acids is 1. The Kier molecular flexibility index (Phi) is 5.70. The molecule has 1 amide bonds. The lowest BCUT2D eigenvalue weighted by atomic mass is 10.2. The number of ether oxygens (including phenoxy) is 1. The molecule has 1 aromatic rings. The van der Waals surface area contributed by atoms with E-state index in [1.807, 2.05) is 37.3 Å². The molecular formula is C13H16NO4-. The Morgan fingerprint density at radius 2 is 2.00 bits per heavy atom. The Balaban J connectivity index is 2.39. The average Bonchev–Trinajstić information content (AvgIpc) is 2.37. The molecule has 5 nitrogen and oxygen atoms in total. The molecule has 98 valence electrons. The van der Waals surface area contributed by atoms with Crippen LogP contribution < -0.4 is 10.4 Å². The molecule has 0 aliphatic rings. The highest BCUT2D eigenvalue weighted by atomic mass is 16.5. The summed E-state index contributed by atoms with van der Waals surface area (Å²) in [6, 6.07) is 8.15. The number of alkyl carbamates (subject to hydrolysis) is 1. The van der Waals surface area contributed by atoms with Crippen LogP contribution in [0.25, 0.3) is 0 Å². The molecular weight excluding hydrogens is 234 g/mol. The first kappa shape index (κ1) is 14.0. The van der Waals surface area contributed by atoms with E-state index in [1.54, 1.807) is 0 Å². The largest absolute Gasteiger partial charge is 0.548 e. The molecule has 0 aliphatic heterocycles. The number of hydrogen-bond donors (Lipinski definition) is 1. The zero-order valence-corrected chi connectivity index (χ0v) is 10.2. The third kappa shape index (κ3) is 4.86. The zero-order chi connectivity index (χ0) is 13.4. The third-order valence-corrected chi connectivity index (χ3v) is 2.37. The van der Waals surface area contributed by atoms with Crippen LogP contribution in [0.2, 0.25) is 0 Å². The molecule has 0 radical (unpaired) electrons. The van der Waals surface area contributed by atoms with Crippen LogP contribution in [-0.2, 0) is 16.1 Å². The van der Waals surface area contributed by atoms with Crippen molar-refractivity contribution < 1.29 is 19.4 Å².